The topological polar surface area (TPSA) is 3.24 Å². The molecule has 100 valence electrons. The molecule has 0 bridgehead atoms. The van der Waals surface area contributed by atoms with Gasteiger partial charge >= 0.3 is 0 Å². The molecule has 0 saturated carbocycles. The SMILES string of the molecule is CCC1CCCN(Cc2cccc(F)c2Br)CC1. The summed E-state index contributed by atoms with van der Waals surface area (Å²) < 4.78 is 14.1. The first-order valence-electron chi connectivity index (χ1n) is 6.86. The summed E-state index contributed by atoms with van der Waals surface area (Å²) >= 11 is 3.35. The molecule has 1 aliphatic rings. The van der Waals surface area contributed by atoms with Crippen LogP contribution in [0, 0.1) is 11.7 Å². The lowest BCUT2D eigenvalue weighted by atomic mass is 9.98. The lowest BCUT2D eigenvalue weighted by Crippen LogP contribution is -2.24. The third kappa shape index (κ3) is 3.55. The van der Waals surface area contributed by atoms with Gasteiger partial charge in [0.15, 0.2) is 0 Å². The van der Waals surface area contributed by atoms with Crippen molar-refractivity contribution < 1.29 is 4.39 Å². The normalized spacial score (nSPS) is 21.8. The Morgan fingerprint density at radius 1 is 1.33 bits per heavy atom. The van der Waals surface area contributed by atoms with Crippen LogP contribution in [0.4, 0.5) is 4.39 Å². The van der Waals surface area contributed by atoms with E-state index in [2.05, 4.69) is 27.8 Å². The zero-order valence-electron chi connectivity index (χ0n) is 11.0. The molecule has 1 fully saturated rings. The Bertz CT molecular complexity index is 394. The van der Waals surface area contributed by atoms with Gasteiger partial charge in [-0.25, -0.2) is 4.39 Å². The highest BCUT2D eigenvalue weighted by atomic mass is 79.9. The van der Waals surface area contributed by atoms with Crippen molar-refractivity contribution in [2.75, 3.05) is 13.1 Å². The van der Waals surface area contributed by atoms with Crippen LogP contribution < -0.4 is 0 Å². The molecule has 0 spiro atoms. The van der Waals surface area contributed by atoms with E-state index in [9.17, 15) is 4.39 Å². The highest BCUT2D eigenvalue weighted by Gasteiger charge is 2.17. The van der Waals surface area contributed by atoms with E-state index < -0.39 is 0 Å². The van der Waals surface area contributed by atoms with E-state index >= 15 is 0 Å². The first-order valence-corrected chi connectivity index (χ1v) is 7.65. The lowest BCUT2D eigenvalue weighted by molar-refractivity contribution is 0.271. The van der Waals surface area contributed by atoms with Crippen LogP contribution in [0.2, 0.25) is 0 Å². The van der Waals surface area contributed by atoms with Crippen molar-refractivity contribution in [1.82, 2.24) is 4.90 Å². The Hall–Kier alpha value is -0.410. The molecule has 0 radical (unpaired) electrons. The molecule has 18 heavy (non-hydrogen) atoms. The van der Waals surface area contributed by atoms with Crippen molar-refractivity contribution in [2.45, 2.75) is 39.2 Å². The fraction of sp³-hybridized carbons (Fsp3) is 0.600. The van der Waals surface area contributed by atoms with Gasteiger partial charge < -0.3 is 0 Å². The minimum absolute atomic E-state index is 0.159. The van der Waals surface area contributed by atoms with Gasteiger partial charge in [0, 0.05) is 6.54 Å². The minimum atomic E-state index is -0.159. The molecular weight excluding hydrogens is 293 g/mol. The molecule has 0 N–H and O–H groups in total. The van der Waals surface area contributed by atoms with E-state index in [1.54, 1.807) is 6.07 Å². The van der Waals surface area contributed by atoms with Crippen molar-refractivity contribution in [3.05, 3.63) is 34.1 Å². The van der Waals surface area contributed by atoms with Crippen LogP contribution >= 0.6 is 15.9 Å². The van der Waals surface area contributed by atoms with Gasteiger partial charge in [-0.2, -0.15) is 0 Å². The molecule has 0 aromatic heterocycles. The summed E-state index contributed by atoms with van der Waals surface area (Å²) in [6.07, 6.45) is 5.18. The number of likely N-dealkylation sites (tertiary alicyclic amines) is 1. The van der Waals surface area contributed by atoms with E-state index in [0.717, 1.165) is 31.1 Å². The van der Waals surface area contributed by atoms with Gasteiger partial charge in [-0.15, -0.1) is 0 Å². The first-order chi connectivity index (χ1) is 8.70. The average molecular weight is 314 g/mol. The number of halogens is 2. The number of hydrogen-bond acceptors (Lipinski definition) is 1. The van der Waals surface area contributed by atoms with Gasteiger partial charge in [-0.3, -0.25) is 4.90 Å². The second-order valence-electron chi connectivity index (χ2n) is 5.19. The molecule has 0 aliphatic carbocycles. The van der Waals surface area contributed by atoms with Crippen LogP contribution in [0.15, 0.2) is 22.7 Å². The predicted octanol–water partition coefficient (Wildman–Crippen LogP) is 4.60. The number of nitrogens with zero attached hydrogens (tertiary/aromatic N) is 1. The maximum Gasteiger partial charge on any atom is 0.137 e. The monoisotopic (exact) mass is 313 g/mol. The Kier molecular flexibility index (Phi) is 5.19. The van der Waals surface area contributed by atoms with Crippen molar-refractivity contribution in [3.63, 3.8) is 0 Å². The van der Waals surface area contributed by atoms with Crippen LogP contribution in [0.3, 0.4) is 0 Å². The first kappa shape index (κ1) is 14.0. The fourth-order valence-corrected chi connectivity index (χ4v) is 3.09. The van der Waals surface area contributed by atoms with E-state index in [4.69, 9.17) is 0 Å². The Morgan fingerprint density at radius 3 is 2.94 bits per heavy atom. The maximum absolute atomic E-state index is 13.5. The highest BCUT2D eigenvalue weighted by Crippen LogP contribution is 2.25. The summed E-state index contributed by atoms with van der Waals surface area (Å²) in [6.45, 7) is 5.42. The van der Waals surface area contributed by atoms with Gasteiger partial charge in [-0.05, 0) is 65.8 Å². The molecule has 1 atom stereocenters. The number of hydrogen-bond donors (Lipinski definition) is 0. The lowest BCUT2D eigenvalue weighted by Gasteiger charge is -2.21. The molecule has 0 amide bonds. The standard InChI is InChI=1S/C15H21BrFN/c1-2-12-5-4-9-18(10-8-12)11-13-6-3-7-14(17)15(13)16/h3,6-7,12H,2,4-5,8-11H2,1H3. The Balaban J connectivity index is 1.99. The summed E-state index contributed by atoms with van der Waals surface area (Å²) in [5, 5.41) is 0. The van der Waals surface area contributed by atoms with E-state index in [-0.39, 0.29) is 5.82 Å². The van der Waals surface area contributed by atoms with Gasteiger partial charge in [0.2, 0.25) is 0 Å². The Morgan fingerprint density at radius 2 is 2.17 bits per heavy atom. The summed E-state index contributed by atoms with van der Waals surface area (Å²) in [5.74, 6) is 0.722. The second-order valence-corrected chi connectivity index (χ2v) is 5.99. The van der Waals surface area contributed by atoms with E-state index in [0.29, 0.717) is 4.47 Å². The largest absolute Gasteiger partial charge is 0.299 e. The van der Waals surface area contributed by atoms with Gasteiger partial charge in [0.05, 0.1) is 4.47 Å². The Labute approximate surface area is 118 Å². The molecular formula is C15H21BrFN. The van der Waals surface area contributed by atoms with E-state index in [1.165, 1.54) is 31.7 Å². The minimum Gasteiger partial charge on any atom is -0.299 e. The zero-order chi connectivity index (χ0) is 13.0. The molecule has 1 aliphatic heterocycles. The van der Waals surface area contributed by atoms with Crippen LogP contribution in [0.25, 0.3) is 0 Å². The smallest absolute Gasteiger partial charge is 0.137 e. The molecule has 1 nitrogen and oxygen atoms in total. The summed E-state index contributed by atoms with van der Waals surface area (Å²) in [4.78, 5) is 2.45. The van der Waals surface area contributed by atoms with E-state index in [1.807, 2.05) is 6.07 Å². The molecule has 3 heteroatoms. The molecule has 1 unspecified atom stereocenters. The number of rotatable bonds is 3. The molecule has 1 aromatic rings. The maximum atomic E-state index is 13.5. The zero-order valence-corrected chi connectivity index (χ0v) is 12.5. The predicted molar refractivity (Wildman–Crippen MR) is 77.0 cm³/mol. The third-order valence-corrected chi connectivity index (χ3v) is 4.83. The van der Waals surface area contributed by atoms with Crippen LogP contribution in [0.1, 0.15) is 38.2 Å². The van der Waals surface area contributed by atoms with Gasteiger partial charge in [0.25, 0.3) is 0 Å². The summed E-state index contributed by atoms with van der Waals surface area (Å²) in [7, 11) is 0. The fourth-order valence-electron chi connectivity index (χ4n) is 2.70. The van der Waals surface area contributed by atoms with Crippen molar-refractivity contribution >= 4 is 15.9 Å². The van der Waals surface area contributed by atoms with Crippen LogP contribution in [-0.2, 0) is 6.54 Å². The molecule has 1 aromatic carbocycles. The summed E-state index contributed by atoms with van der Waals surface area (Å²) in [5.41, 5.74) is 1.06. The quantitative estimate of drug-likeness (QED) is 0.788. The van der Waals surface area contributed by atoms with Crippen LogP contribution in [0.5, 0.6) is 0 Å². The van der Waals surface area contributed by atoms with Gasteiger partial charge in [0.1, 0.15) is 5.82 Å². The molecule has 1 heterocycles. The molecule has 1 saturated heterocycles. The summed E-state index contributed by atoms with van der Waals surface area (Å²) in [6, 6.07) is 5.31. The van der Waals surface area contributed by atoms with Crippen LogP contribution in [-0.4, -0.2) is 18.0 Å². The van der Waals surface area contributed by atoms with Crippen molar-refractivity contribution in [1.29, 1.82) is 0 Å². The average Bonchev–Trinajstić information content (AvgIpc) is 2.60. The second kappa shape index (κ2) is 6.67. The third-order valence-electron chi connectivity index (χ3n) is 3.94. The highest BCUT2D eigenvalue weighted by molar-refractivity contribution is 9.10. The van der Waals surface area contributed by atoms with Gasteiger partial charge in [-0.1, -0.05) is 25.5 Å². The molecule has 2 rings (SSSR count). The van der Waals surface area contributed by atoms with Crippen molar-refractivity contribution in [2.24, 2.45) is 5.92 Å². The van der Waals surface area contributed by atoms with Crippen molar-refractivity contribution in [3.8, 4) is 0 Å². The number of benzene rings is 1.